The van der Waals surface area contributed by atoms with Crippen molar-refractivity contribution in [2.75, 3.05) is 0 Å². The first-order valence-electron chi connectivity index (χ1n) is 4.22. The third kappa shape index (κ3) is 3.38. The van der Waals surface area contributed by atoms with Gasteiger partial charge in [0.1, 0.15) is 0 Å². The van der Waals surface area contributed by atoms with E-state index in [0.29, 0.717) is 5.56 Å². The van der Waals surface area contributed by atoms with E-state index in [0.717, 1.165) is 0 Å². The minimum absolute atomic E-state index is 0.210. The van der Waals surface area contributed by atoms with Crippen LogP contribution in [0.1, 0.15) is 24.2 Å². The van der Waals surface area contributed by atoms with Crippen LogP contribution in [0.5, 0.6) is 0 Å². The molecule has 0 aliphatic heterocycles. The molecular weight excluding hydrogens is 193 g/mol. The molecule has 1 atom stereocenters. The highest BCUT2D eigenvalue weighted by atomic mass is 19.4. The summed E-state index contributed by atoms with van der Waals surface area (Å²) in [5.74, 6) is 0. The number of halogens is 3. The van der Waals surface area contributed by atoms with E-state index < -0.39 is 18.7 Å². The van der Waals surface area contributed by atoms with E-state index in [1.165, 1.54) is 24.3 Å². The number of hydrogen-bond acceptors (Lipinski definition) is 1. The number of hydrogen-bond donors (Lipinski definition) is 1. The average molecular weight is 204 g/mol. The van der Waals surface area contributed by atoms with Gasteiger partial charge in [-0.15, -0.1) is 0 Å². The maximum atomic E-state index is 12.0. The molecule has 1 unspecified atom stereocenters. The van der Waals surface area contributed by atoms with Crippen molar-refractivity contribution in [3.8, 4) is 0 Å². The van der Waals surface area contributed by atoms with E-state index in [1.807, 2.05) is 0 Å². The zero-order valence-corrected chi connectivity index (χ0v) is 7.67. The fraction of sp³-hybridized carbons (Fsp3) is 0.400. The van der Waals surface area contributed by atoms with Crippen LogP contribution in [0.2, 0.25) is 0 Å². The lowest BCUT2D eigenvalue weighted by molar-refractivity contribution is -0.127. The van der Waals surface area contributed by atoms with Crippen LogP contribution >= 0.6 is 0 Å². The Balaban J connectivity index is 2.74. The molecule has 0 saturated carbocycles. The molecule has 1 N–H and O–H groups in total. The highest BCUT2D eigenvalue weighted by molar-refractivity contribution is 5.24. The van der Waals surface area contributed by atoms with Gasteiger partial charge < -0.3 is 5.11 Å². The number of rotatable bonds is 2. The standard InChI is InChI=1S/C10H11F3O/c1-7(14)9-4-2-8(3-5-9)6-10(11,12)13/h2-5,7,14H,6H2,1H3. The Morgan fingerprint density at radius 1 is 1.21 bits per heavy atom. The van der Waals surface area contributed by atoms with Crippen molar-refractivity contribution in [3.05, 3.63) is 35.4 Å². The van der Waals surface area contributed by atoms with Gasteiger partial charge >= 0.3 is 6.18 Å². The van der Waals surface area contributed by atoms with Crippen LogP contribution in [0.15, 0.2) is 24.3 Å². The second-order valence-corrected chi connectivity index (χ2v) is 3.21. The molecule has 1 rings (SSSR count). The third-order valence-electron chi connectivity index (χ3n) is 1.87. The Bertz CT molecular complexity index is 287. The first kappa shape index (κ1) is 11.0. The van der Waals surface area contributed by atoms with Gasteiger partial charge in [-0.05, 0) is 18.1 Å². The molecule has 0 amide bonds. The topological polar surface area (TPSA) is 20.2 Å². The number of aliphatic hydroxyl groups excluding tert-OH is 1. The Morgan fingerprint density at radius 3 is 2.07 bits per heavy atom. The van der Waals surface area contributed by atoms with Crippen molar-refractivity contribution in [1.29, 1.82) is 0 Å². The SMILES string of the molecule is CC(O)c1ccc(CC(F)(F)F)cc1. The van der Waals surface area contributed by atoms with Gasteiger partial charge in [-0.3, -0.25) is 0 Å². The third-order valence-corrected chi connectivity index (χ3v) is 1.87. The van der Waals surface area contributed by atoms with Crippen molar-refractivity contribution in [3.63, 3.8) is 0 Å². The molecule has 1 aromatic rings. The van der Waals surface area contributed by atoms with E-state index in [-0.39, 0.29) is 5.56 Å². The van der Waals surface area contributed by atoms with Crippen LogP contribution in [0.4, 0.5) is 13.2 Å². The maximum absolute atomic E-state index is 12.0. The molecule has 0 bridgehead atoms. The molecule has 0 aliphatic rings. The van der Waals surface area contributed by atoms with E-state index >= 15 is 0 Å². The lowest BCUT2D eigenvalue weighted by atomic mass is 10.1. The summed E-state index contributed by atoms with van der Waals surface area (Å²) in [6.45, 7) is 1.57. The molecule has 1 aromatic carbocycles. The summed E-state index contributed by atoms with van der Waals surface area (Å²) >= 11 is 0. The summed E-state index contributed by atoms with van der Waals surface area (Å²) in [7, 11) is 0. The summed E-state index contributed by atoms with van der Waals surface area (Å²) in [6, 6.07) is 5.78. The normalized spacial score (nSPS) is 14.1. The molecule has 0 heterocycles. The predicted molar refractivity (Wildman–Crippen MR) is 46.8 cm³/mol. The highest BCUT2D eigenvalue weighted by Crippen LogP contribution is 2.22. The first-order valence-corrected chi connectivity index (χ1v) is 4.22. The molecule has 0 aliphatic carbocycles. The molecule has 1 nitrogen and oxygen atoms in total. The lowest BCUT2D eigenvalue weighted by Gasteiger charge is -2.08. The zero-order valence-electron chi connectivity index (χ0n) is 7.67. The summed E-state index contributed by atoms with van der Waals surface area (Å²) < 4.78 is 35.9. The molecule has 0 aromatic heterocycles. The van der Waals surface area contributed by atoms with Gasteiger partial charge in [0.15, 0.2) is 0 Å². The van der Waals surface area contributed by atoms with Crippen LogP contribution < -0.4 is 0 Å². The van der Waals surface area contributed by atoms with Gasteiger partial charge in [0, 0.05) is 0 Å². The van der Waals surface area contributed by atoms with Crippen molar-refractivity contribution in [1.82, 2.24) is 0 Å². The van der Waals surface area contributed by atoms with Gasteiger partial charge in [0.2, 0.25) is 0 Å². The highest BCUT2D eigenvalue weighted by Gasteiger charge is 2.27. The van der Waals surface area contributed by atoms with Gasteiger partial charge in [-0.25, -0.2) is 0 Å². The van der Waals surface area contributed by atoms with Gasteiger partial charge in [0.25, 0.3) is 0 Å². The van der Waals surface area contributed by atoms with E-state index in [2.05, 4.69) is 0 Å². The maximum Gasteiger partial charge on any atom is 0.393 e. The second kappa shape index (κ2) is 4.00. The van der Waals surface area contributed by atoms with Crippen LogP contribution in [0, 0.1) is 0 Å². The number of alkyl halides is 3. The minimum Gasteiger partial charge on any atom is -0.389 e. The molecule has 78 valence electrons. The largest absolute Gasteiger partial charge is 0.393 e. The van der Waals surface area contributed by atoms with Crippen molar-refractivity contribution in [2.24, 2.45) is 0 Å². The van der Waals surface area contributed by atoms with Crippen LogP contribution in [0.25, 0.3) is 0 Å². The van der Waals surface area contributed by atoms with Crippen LogP contribution in [0.3, 0.4) is 0 Å². The van der Waals surface area contributed by atoms with Gasteiger partial charge in [0.05, 0.1) is 12.5 Å². The summed E-state index contributed by atoms with van der Waals surface area (Å²) in [5.41, 5.74) is 0.831. The number of benzene rings is 1. The average Bonchev–Trinajstić information content (AvgIpc) is 2.02. The monoisotopic (exact) mass is 204 g/mol. The predicted octanol–water partition coefficient (Wildman–Crippen LogP) is 2.84. The summed E-state index contributed by atoms with van der Waals surface area (Å²) in [5, 5.41) is 9.12. The Labute approximate surface area is 80.2 Å². The van der Waals surface area contributed by atoms with Crippen molar-refractivity contribution < 1.29 is 18.3 Å². The molecule has 0 saturated heterocycles. The second-order valence-electron chi connectivity index (χ2n) is 3.21. The molecule has 14 heavy (non-hydrogen) atoms. The first-order chi connectivity index (χ1) is 6.38. The van der Waals surface area contributed by atoms with E-state index in [9.17, 15) is 13.2 Å². The Kier molecular flexibility index (Phi) is 3.16. The van der Waals surface area contributed by atoms with Crippen molar-refractivity contribution >= 4 is 0 Å². The Morgan fingerprint density at radius 2 is 1.71 bits per heavy atom. The fourth-order valence-corrected chi connectivity index (χ4v) is 1.15. The summed E-state index contributed by atoms with van der Waals surface area (Å²) in [4.78, 5) is 0. The lowest BCUT2D eigenvalue weighted by Crippen LogP contribution is -2.11. The van der Waals surface area contributed by atoms with Crippen LogP contribution in [-0.4, -0.2) is 11.3 Å². The minimum atomic E-state index is -4.17. The molecule has 0 fully saturated rings. The molecular formula is C10H11F3O. The zero-order chi connectivity index (χ0) is 10.8. The van der Waals surface area contributed by atoms with E-state index in [1.54, 1.807) is 6.92 Å². The molecule has 0 spiro atoms. The van der Waals surface area contributed by atoms with Gasteiger partial charge in [-0.2, -0.15) is 13.2 Å². The summed E-state index contributed by atoms with van der Waals surface area (Å²) in [6.07, 6.45) is -5.74. The Hall–Kier alpha value is -1.03. The quantitative estimate of drug-likeness (QED) is 0.785. The van der Waals surface area contributed by atoms with Crippen LogP contribution in [-0.2, 0) is 6.42 Å². The fourth-order valence-electron chi connectivity index (χ4n) is 1.15. The van der Waals surface area contributed by atoms with Crippen molar-refractivity contribution in [2.45, 2.75) is 25.6 Å². The molecule has 4 heteroatoms. The molecule has 0 radical (unpaired) electrons. The van der Waals surface area contributed by atoms with E-state index in [4.69, 9.17) is 5.11 Å². The smallest absolute Gasteiger partial charge is 0.389 e. The van der Waals surface area contributed by atoms with Gasteiger partial charge in [-0.1, -0.05) is 24.3 Å². The number of aliphatic hydroxyl groups is 1.